The fourth-order valence-corrected chi connectivity index (χ4v) is 3.64. The van der Waals surface area contributed by atoms with Crippen molar-refractivity contribution in [3.8, 4) is 0 Å². The second-order valence-corrected chi connectivity index (χ2v) is 7.30. The molecule has 2 rings (SSSR count). The maximum atomic E-state index is 10.9. The van der Waals surface area contributed by atoms with Crippen molar-refractivity contribution < 1.29 is 19.4 Å². The molecule has 0 bridgehead atoms. The Morgan fingerprint density at radius 1 is 1.29 bits per heavy atom. The lowest BCUT2D eigenvalue weighted by molar-refractivity contribution is -0.158. The van der Waals surface area contributed by atoms with E-state index >= 15 is 0 Å². The van der Waals surface area contributed by atoms with Crippen LogP contribution >= 0.6 is 0 Å². The molecule has 0 aromatic carbocycles. The van der Waals surface area contributed by atoms with Crippen LogP contribution in [0.25, 0.3) is 0 Å². The average Bonchev–Trinajstić information content (AvgIpc) is 2.38. The summed E-state index contributed by atoms with van der Waals surface area (Å²) in [6.07, 6.45) is 4.10. The van der Waals surface area contributed by atoms with Crippen molar-refractivity contribution in [1.82, 2.24) is 4.90 Å². The van der Waals surface area contributed by atoms with Gasteiger partial charge in [-0.1, -0.05) is 0 Å². The van der Waals surface area contributed by atoms with Gasteiger partial charge in [0.25, 0.3) is 0 Å². The van der Waals surface area contributed by atoms with Crippen LogP contribution in [-0.2, 0) is 14.3 Å². The molecule has 1 N–H and O–H groups in total. The Bertz CT molecular complexity index is 352. The lowest BCUT2D eigenvalue weighted by Crippen LogP contribution is -2.56. The van der Waals surface area contributed by atoms with Gasteiger partial charge in [0.2, 0.25) is 0 Å². The van der Waals surface area contributed by atoms with Gasteiger partial charge in [-0.25, -0.2) is 0 Å². The van der Waals surface area contributed by atoms with Crippen LogP contribution in [0.3, 0.4) is 0 Å². The molecule has 2 saturated heterocycles. The molecular formula is C16H29NO4. The minimum Gasteiger partial charge on any atom is -0.481 e. The van der Waals surface area contributed by atoms with E-state index in [4.69, 9.17) is 14.6 Å². The summed E-state index contributed by atoms with van der Waals surface area (Å²) < 4.78 is 11.6. The number of nitrogens with zero attached hydrogens (tertiary/aromatic N) is 1. The van der Waals surface area contributed by atoms with Crippen molar-refractivity contribution >= 4 is 5.97 Å². The quantitative estimate of drug-likeness (QED) is 0.863. The van der Waals surface area contributed by atoms with Crippen molar-refractivity contribution in [2.45, 2.75) is 70.1 Å². The smallest absolute Gasteiger partial charge is 0.304 e. The number of carboxylic acid groups (broad SMARTS) is 1. The van der Waals surface area contributed by atoms with Gasteiger partial charge >= 0.3 is 5.97 Å². The van der Waals surface area contributed by atoms with Crippen LogP contribution in [0.5, 0.6) is 0 Å². The Labute approximate surface area is 127 Å². The molecule has 1 spiro atoms. The fraction of sp³-hybridized carbons (Fsp3) is 0.938. The molecule has 0 aromatic heterocycles. The fourth-order valence-electron chi connectivity index (χ4n) is 3.64. The van der Waals surface area contributed by atoms with E-state index < -0.39 is 5.97 Å². The molecule has 2 heterocycles. The minimum absolute atomic E-state index is 0.0240. The molecule has 1 unspecified atom stereocenters. The standard InChI is InChI=1S/C16H29NO4/c1-15(2,3)17(8-4-14(18)19)13-5-9-21-16(12-13)6-10-20-11-7-16/h13H,4-12H2,1-3H3,(H,18,19). The molecule has 2 aliphatic rings. The third-order valence-corrected chi connectivity index (χ3v) is 4.74. The number of rotatable bonds is 4. The topological polar surface area (TPSA) is 59.0 Å². The molecule has 0 radical (unpaired) electrons. The molecule has 0 saturated carbocycles. The van der Waals surface area contributed by atoms with Gasteiger partial charge in [-0.3, -0.25) is 9.69 Å². The van der Waals surface area contributed by atoms with E-state index in [1.54, 1.807) is 0 Å². The van der Waals surface area contributed by atoms with E-state index in [9.17, 15) is 4.79 Å². The molecular weight excluding hydrogens is 270 g/mol. The number of carbonyl (C=O) groups is 1. The van der Waals surface area contributed by atoms with E-state index in [1.807, 2.05) is 0 Å². The van der Waals surface area contributed by atoms with E-state index in [0.29, 0.717) is 12.6 Å². The maximum Gasteiger partial charge on any atom is 0.304 e. The number of carboxylic acids is 1. The highest BCUT2D eigenvalue weighted by molar-refractivity contribution is 5.66. The Hall–Kier alpha value is -0.650. The van der Waals surface area contributed by atoms with Crippen molar-refractivity contribution in [3.63, 3.8) is 0 Å². The van der Waals surface area contributed by atoms with Crippen molar-refractivity contribution in [2.75, 3.05) is 26.4 Å². The summed E-state index contributed by atoms with van der Waals surface area (Å²) in [6.45, 7) is 9.43. The Morgan fingerprint density at radius 2 is 1.95 bits per heavy atom. The second kappa shape index (κ2) is 6.63. The maximum absolute atomic E-state index is 10.9. The van der Waals surface area contributed by atoms with E-state index in [2.05, 4.69) is 25.7 Å². The van der Waals surface area contributed by atoms with Crippen LogP contribution in [0, 0.1) is 0 Å². The summed E-state index contributed by atoms with van der Waals surface area (Å²) in [5.74, 6) is -0.725. The van der Waals surface area contributed by atoms with Gasteiger partial charge in [-0.2, -0.15) is 0 Å². The first-order chi connectivity index (χ1) is 9.82. The summed E-state index contributed by atoms with van der Waals surface area (Å²) in [4.78, 5) is 13.3. The molecule has 5 nitrogen and oxygen atoms in total. The zero-order chi connectivity index (χ0) is 15.5. The molecule has 122 valence electrons. The van der Waals surface area contributed by atoms with Crippen LogP contribution < -0.4 is 0 Å². The number of aliphatic carboxylic acids is 1. The zero-order valence-electron chi connectivity index (χ0n) is 13.6. The molecule has 0 amide bonds. The number of ether oxygens (including phenoxy) is 2. The Morgan fingerprint density at radius 3 is 2.52 bits per heavy atom. The highest BCUT2D eigenvalue weighted by Crippen LogP contribution is 2.37. The first-order valence-electron chi connectivity index (χ1n) is 8.03. The van der Waals surface area contributed by atoms with Crippen molar-refractivity contribution in [2.24, 2.45) is 0 Å². The van der Waals surface area contributed by atoms with Gasteiger partial charge in [0.1, 0.15) is 0 Å². The van der Waals surface area contributed by atoms with Gasteiger partial charge in [-0.15, -0.1) is 0 Å². The molecule has 2 aliphatic heterocycles. The monoisotopic (exact) mass is 299 g/mol. The average molecular weight is 299 g/mol. The predicted molar refractivity (Wildman–Crippen MR) is 80.5 cm³/mol. The second-order valence-electron chi connectivity index (χ2n) is 7.30. The molecule has 1 atom stereocenters. The summed E-state index contributed by atoms with van der Waals surface area (Å²) >= 11 is 0. The van der Waals surface area contributed by atoms with Gasteiger partial charge in [0.05, 0.1) is 12.0 Å². The van der Waals surface area contributed by atoms with Crippen LogP contribution in [-0.4, -0.2) is 59.5 Å². The minimum atomic E-state index is -0.725. The highest BCUT2D eigenvalue weighted by atomic mass is 16.5. The lowest BCUT2D eigenvalue weighted by Gasteiger charge is -2.50. The van der Waals surface area contributed by atoms with Crippen molar-refractivity contribution in [1.29, 1.82) is 0 Å². The number of hydrogen-bond donors (Lipinski definition) is 1. The Kier molecular flexibility index (Phi) is 5.28. The first kappa shape index (κ1) is 16.7. The normalized spacial score (nSPS) is 26.2. The molecule has 0 aliphatic carbocycles. The summed E-state index contributed by atoms with van der Waals surface area (Å²) in [7, 11) is 0. The van der Waals surface area contributed by atoms with E-state index in [1.165, 1.54) is 0 Å². The van der Waals surface area contributed by atoms with E-state index in [0.717, 1.165) is 45.5 Å². The highest BCUT2D eigenvalue weighted by Gasteiger charge is 2.42. The van der Waals surface area contributed by atoms with Crippen LogP contribution in [0.2, 0.25) is 0 Å². The summed E-state index contributed by atoms with van der Waals surface area (Å²) in [5, 5.41) is 9.00. The summed E-state index contributed by atoms with van der Waals surface area (Å²) in [5.41, 5.74) is -0.0717. The lowest BCUT2D eigenvalue weighted by atomic mass is 9.82. The molecule has 2 fully saturated rings. The van der Waals surface area contributed by atoms with Crippen LogP contribution in [0.4, 0.5) is 0 Å². The third-order valence-electron chi connectivity index (χ3n) is 4.74. The first-order valence-corrected chi connectivity index (χ1v) is 8.03. The SMILES string of the molecule is CC(C)(C)N(CCC(=O)O)C1CCOC2(CCOCC2)C1. The predicted octanol–water partition coefficient (Wildman–Crippen LogP) is 2.29. The molecule has 21 heavy (non-hydrogen) atoms. The van der Waals surface area contributed by atoms with Crippen molar-refractivity contribution in [3.05, 3.63) is 0 Å². The van der Waals surface area contributed by atoms with Gasteiger partial charge < -0.3 is 14.6 Å². The van der Waals surface area contributed by atoms with Gasteiger partial charge in [0, 0.05) is 37.9 Å². The van der Waals surface area contributed by atoms with Gasteiger partial charge in [0.15, 0.2) is 0 Å². The van der Waals surface area contributed by atoms with E-state index in [-0.39, 0.29) is 17.6 Å². The molecule has 5 heteroatoms. The third kappa shape index (κ3) is 4.41. The number of hydrogen-bond acceptors (Lipinski definition) is 4. The molecule has 0 aromatic rings. The van der Waals surface area contributed by atoms with Crippen LogP contribution in [0.1, 0.15) is 52.9 Å². The Balaban J connectivity index is 2.06. The summed E-state index contributed by atoms with van der Waals surface area (Å²) in [6, 6.07) is 0.399. The van der Waals surface area contributed by atoms with Crippen LogP contribution in [0.15, 0.2) is 0 Å². The van der Waals surface area contributed by atoms with Gasteiger partial charge in [-0.05, 0) is 46.5 Å². The zero-order valence-corrected chi connectivity index (χ0v) is 13.6. The largest absolute Gasteiger partial charge is 0.481 e.